The molecule has 5 nitrogen and oxygen atoms in total. The van der Waals surface area contributed by atoms with E-state index in [4.69, 9.17) is 0 Å². The minimum absolute atomic E-state index is 0.00584. The molecule has 1 aromatic heterocycles. The van der Waals surface area contributed by atoms with Crippen molar-refractivity contribution in [1.29, 1.82) is 0 Å². The second kappa shape index (κ2) is 8.87. The number of carbonyl (C=O) groups is 1. The number of hydrogen-bond donors (Lipinski definition) is 2. The summed E-state index contributed by atoms with van der Waals surface area (Å²) in [5.74, 6) is -0.342. The van der Waals surface area contributed by atoms with Crippen LogP contribution in [0.5, 0.6) is 0 Å². The number of hydrogen-bond acceptors (Lipinski definition) is 5. The number of aromatic nitrogens is 1. The molecule has 29 heavy (non-hydrogen) atoms. The largest absolute Gasteiger partial charge is 0.416 e. The zero-order valence-corrected chi connectivity index (χ0v) is 16.1. The van der Waals surface area contributed by atoms with Gasteiger partial charge in [-0.2, -0.15) is 18.3 Å². The third kappa shape index (κ3) is 5.89. The predicted molar refractivity (Wildman–Crippen MR) is 107 cm³/mol. The van der Waals surface area contributed by atoms with Crippen LogP contribution in [0.1, 0.15) is 22.4 Å². The topological polar surface area (TPSA) is 66.4 Å². The lowest BCUT2D eigenvalue weighted by molar-refractivity contribution is -0.137. The van der Waals surface area contributed by atoms with Gasteiger partial charge in [0.2, 0.25) is 5.91 Å². The third-order valence-corrected chi connectivity index (χ3v) is 4.72. The van der Waals surface area contributed by atoms with E-state index in [-0.39, 0.29) is 18.0 Å². The van der Waals surface area contributed by atoms with Crippen LogP contribution in [0.15, 0.2) is 59.0 Å². The van der Waals surface area contributed by atoms with Crippen LogP contribution in [0.2, 0.25) is 0 Å². The number of nitrogens with zero attached hydrogens (tertiary/aromatic N) is 2. The summed E-state index contributed by atoms with van der Waals surface area (Å²) in [7, 11) is 0. The van der Waals surface area contributed by atoms with Crippen molar-refractivity contribution in [3.05, 3.63) is 76.3 Å². The summed E-state index contributed by atoms with van der Waals surface area (Å²) < 4.78 is 38.4. The number of thiazole rings is 1. The molecule has 0 bridgehead atoms. The Kier molecular flexibility index (Phi) is 6.28. The van der Waals surface area contributed by atoms with Crippen molar-refractivity contribution < 1.29 is 18.0 Å². The zero-order chi connectivity index (χ0) is 20.9. The van der Waals surface area contributed by atoms with Gasteiger partial charge in [-0.1, -0.05) is 30.3 Å². The van der Waals surface area contributed by atoms with Gasteiger partial charge < -0.3 is 5.32 Å². The highest BCUT2D eigenvalue weighted by atomic mass is 32.1. The average molecular weight is 418 g/mol. The number of carbonyl (C=O) groups excluding carboxylic acids is 1. The lowest BCUT2D eigenvalue weighted by atomic mass is 10.1. The first kappa shape index (κ1) is 20.5. The minimum atomic E-state index is -4.41. The molecule has 0 radical (unpaired) electrons. The summed E-state index contributed by atoms with van der Waals surface area (Å²) in [6.07, 6.45) is -2.84. The summed E-state index contributed by atoms with van der Waals surface area (Å²) in [5.41, 5.74) is 4.39. The first-order chi connectivity index (χ1) is 13.8. The molecule has 0 aliphatic carbocycles. The minimum Gasteiger partial charge on any atom is -0.332 e. The number of halogens is 3. The molecular weight excluding hydrogens is 401 g/mol. The van der Waals surface area contributed by atoms with E-state index in [0.717, 1.165) is 23.3 Å². The van der Waals surface area contributed by atoms with Crippen LogP contribution in [-0.2, 0) is 17.4 Å². The van der Waals surface area contributed by atoms with Crippen LogP contribution >= 0.6 is 11.3 Å². The molecule has 0 aliphatic rings. The number of amides is 1. The van der Waals surface area contributed by atoms with Gasteiger partial charge in [-0.05, 0) is 36.2 Å². The number of alkyl halides is 3. The number of aryl methyl sites for hydroxylation is 1. The maximum Gasteiger partial charge on any atom is 0.416 e. The molecule has 3 aromatic rings. The Morgan fingerprint density at radius 3 is 2.76 bits per heavy atom. The molecule has 3 rings (SSSR count). The Morgan fingerprint density at radius 2 is 2.00 bits per heavy atom. The quantitative estimate of drug-likeness (QED) is 0.442. The van der Waals surface area contributed by atoms with E-state index in [1.165, 1.54) is 23.5 Å². The zero-order valence-electron chi connectivity index (χ0n) is 15.3. The van der Waals surface area contributed by atoms with Crippen LogP contribution in [0, 0.1) is 6.92 Å². The van der Waals surface area contributed by atoms with Crippen LogP contribution in [0.4, 0.5) is 24.0 Å². The van der Waals surface area contributed by atoms with Gasteiger partial charge in [0.25, 0.3) is 0 Å². The van der Waals surface area contributed by atoms with Crippen molar-refractivity contribution in [1.82, 2.24) is 10.4 Å². The summed E-state index contributed by atoms with van der Waals surface area (Å²) in [5, 5.41) is 8.83. The molecule has 1 amide bonds. The summed E-state index contributed by atoms with van der Waals surface area (Å²) >= 11 is 1.20. The molecule has 2 aromatic carbocycles. The smallest absolute Gasteiger partial charge is 0.332 e. The van der Waals surface area contributed by atoms with Gasteiger partial charge in [-0.3, -0.25) is 4.79 Å². The molecular formula is C20H17F3N4OS. The van der Waals surface area contributed by atoms with Crippen LogP contribution in [0.3, 0.4) is 0 Å². The summed E-state index contributed by atoms with van der Waals surface area (Å²) in [4.78, 5) is 16.2. The van der Waals surface area contributed by atoms with Gasteiger partial charge in [-0.15, -0.1) is 11.3 Å². The maximum atomic E-state index is 12.8. The Labute approximate surface area is 169 Å². The molecule has 0 spiro atoms. The van der Waals surface area contributed by atoms with Gasteiger partial charge in [0.1, 0.15) is 0 Å². The highest BCUT2D eigenvalue weighted by Crippen LogP contribution is 2.31. The van der Waals surface area contributed by atoms with E-state index in [9.17, 15) is 18.0 Å². The molecule has 0 unspecified atom stereocenters. The highest BCUT2D eigenvalue weighted by Gasteiger charge is 2.30. The van der Waals surface area contributed by atoms with E-state index in [1.807, 2.05) is 31.2 Å². The average Bonchev–Trinajstić information content (AvgIpc) is 3.09. The van der Waals surface area contributed by atoms with Gasteiger partial charge in [0.05, 0.1) is 23.9 Å². The van der Waals surface area contributed by atoms with Gasteiger partial charge in [0, 0.05) is 11.1 Å². The SMILES string of the molecule is Cc1ccccc1/C=N\NC(=O)Cc1csc(Nc2cccc(C(F)(F)F)c2)n1. The number of benzene rings is 2. The van der Waals surface area contributed by atoms with Crippen molar-refractivity contribution in [2.24, 2.45) is 5.10 Å². The van der Waals surface area contributed by atoms with Crippen molar-refractivity contribution in [2.45, 2.75) is 19.5 Å². The van der Waals surface area contributed by atoms with Gasteiger partial charge >= 0.3 is 6.18 Å². The number of nitrogens with one attached hydrogen (secondary N) is 2. The Bertz CT molecular complexity index is 1030. The molecule has 2 N–H and O–H groups in total. The second-order valence-electron chi connectivity index (χ2n) is 6.17. The number of hydrazone groups is 1. The molecule has 0 fully saturated rings. The third-order valence-electron chi connectivity index (χ3n) is 3.92. The molecule has 0 aliphatic heterocycles. The lowest BCUT2D eigenvalue weighted by Gasteiger charge is -2.08. The Hall–Kier alpha value is -3.20. The first-order valence-electron chi connectivity index (χ1n) is 8.57. The molecule has 150 valence electrons. The molecule has 1 heterocycles. The monoisotopic (exact) mass is 418 g/mol. The second-order valence-corrected chi connectivity index (χ2v) is 7.03. The van der Waals surface area contributed by atoms with E-state index >= 15 is 0 Å². The van der Waals surface area contributed by atoms with E-state index < -0.39 is 11.7 Å². The van der Waals surface area contributed by atoms with E-state index in [1.54, 1.807) is 11.6 Å². The van der Waals surface area contributed by atoms with Crippen molar-refractivity contribution >= 4 is 34.3 Å². The van der Waals surface area contributed by atoms with Crippen LogP contribution in [0.25, 0.3) is 0 Å². The van der Waals surface area contributed by atoms with Gasteiger partial charge in [0.15, 0.2) is 5.13 Å². The Morgan fingerprint density at radius 1 is 1.21 bits per heavy atom. The fourth-order valence-corrected chi connectivity index (χ4v) is 3.18. The number of anilines is 2. The van der Waals surface area contributed by atoms with Crippen molar-refractivity contribution in [3.63, 3.8) is 0 Å². The molecule has 0 saturated carbocycles. The molecule has 0 atom stereocenters. The van der Waals surface area contributed by atoms with E-state index in [0.29, 0.717) is 10.8 Å². The predicted octanol–water partition coefficient (Wildman–Crippen LogP) is 4.91. The maximum absolute atomic E-state index is 12.8. The number of rotatable bonds is 6. The van der Waals surface area contributed by atoms with Crippen molar-refractivity contribution in [3.8, 4) is 0 Å². The molecule has 9 heteroatoms. The normalized spacial score (nSPS) is 11.6. The highest BCUT2D eigenvalue weighted by molar-refractivity contribution is 7.13. The van der Waals surface area contributed by atoms with Crippen LogP contribution < -0.4 is 10.7 Å². The lowest BCUT2D eigenvalue weighted by Crippen LogP contribution is -2.20. The van der Waals surface area contributed by atoms with Gasteiger partial charge in [-0.25, -0.2) is 10.4 Å². The van der Waals surface area contributed by atoms with Crippen LogP contribution in [-0.4, -0.2) is 17.1 Å². The summed E-state index contributed by atoms with van der Waals surface area (Å²) in [6, 6.07) is 12.5. The Balaban J connectivity index is 1.56. The standard InChI is InChI=1S/C20H17F3N4OS/c1-13-5-2-3-6-14(13)11-24-27-18(28)10-17-12-29-19(26-17)25-16-8-4-7-15(9-16)20(21,22)23/h2-9,11-12H,10H2,1H3,(H,25,26)(H,27,28)/b24-11-. The van der Waals surface area contributed by atoms with Crippen molar-refractivity contribution in [2.75, 3.05) is 5.32 Å². The fourth-order valence-electron chi connectivity index (χ4n) is 2.45. The first-order valence-corrected chi connectivity index (χ1v) is 9.45. The summed E-state index contributed by atoms with van der Waals surface area (Å²) in [6.45, 7) is 1.94. The fraction of sp³-hybridized carbons (Fsp3) is 0.150. The molecule has 0 saturated heterocycles. The van der Waals surface area contributed by atoms with E-state index in [2.05, 4.69) is 20.8 Å².